The van der Waals surface area contributed by atoms with E-state index >= 15 is 0 Å². The molecule has 0 unspecified atom stereocenters. The quantitative estimate of drug-likeness (QED) is 0.413. The van der Waals surface area contributed by atoms with Gasteiger partial charge in [-0.3, -0.25) is 4.98 Å². The molecule has 5 nitrogen and oxygen atoms in total. The van der Waals surface area contributed by atoms with Crippen LogP contribution in [0.4, 0.5) is 5.82 Å². The van der Waals surface area contributed by atoms with E-state index in [0.717, 1.165) is 57.8 Å². The van der Waals surface area contributed by atoms with Gasteiger partial charge in [0.25, 0.3) is 0 Å². The summed E-state index contributed by atoms with van der Waals surface area (Å²) in [6.45, 7) is 12.8. The summed E-state index contributed by atoms with van der Waals surface area (Å²) < 4.78 is 5.28. The predicted octanol–water partition coefficient (Wildman–Crippen LogP) is 7.11. The summed E-state index contributed by atoms with van der Waals surface area (Å²) in [4.78, 5) is 15.1. The molecule has 5 heteroatoms. The van der Waals surface area contributed by atoms with Crippen LogP contribution in [0.2, 0.25) is 0 Å². The molecule has 1 aromatic carbocycles. The SMILES string of the molecule is CC1CCC(C)CC1.CCc1ncc(C)c(OC)c1C.Cc1nc(N(C)C)c2ccccc2n1. The number of methoxy groups -OCH3 is 1. The molecule has 0 atom stereocenters. The van der Waals surface area contributed by atoms with E-state index in [1.54, 1.807) is 7.11 Å². The first kappa shape index (κ1) is 27.6. The zero-order valence-corrected chi connectivity index (χ0v) is 22.8. The Labute approximate surface area is 207 Å². The van der Waals surface area contributed by atoms with Crippen molar-refractivity contribution in [3.63, 3.8) is 0 Å². The molecule has 0 amide bonds. The Morgan fingerprint density at radius 1 is 0.941 bits per heavy atom. The van der Waals surface area contributed by atoms with Crippen molar-refractivity contribution in [1.29, 1.82) is 0 Å². The Morgan fingerprint density at radius 2 is 1.53 bits per heavy atom. The number of nitrogens with zero attached hydrogens (tertiary/aromatic N) is 4. The molecule has 1 saturated carbocycles. The van der Waals surface area contributed by atoms with E-state index in [1.165, 1.54) is 31.2 Å². The van der Waals surface area contributed by atoms with E-state index < -0.39 is 0 Å². The molecule has 1 fully saturated rings. The van der Waals surface area contributed by atoms with Gasteiger partial charge in [-0.2, -0.15) is 0 Å². The number of fused-ring (bicyclic) bond motifs is 1. The number of aryl methyl sites for hydroxylation is 3. The summed E-state index contributed by atoms with van der Waals surface area (Å²) in [7, 11) is 5.69. The Balaban J connectivity index is 0.000000187. The van der Waals surface area contributed by atoms with Crippen molar-refractivity contribution in [2.75, 3.05) is 26.1 Å². The number of para-hydroxylation sites is 1. The summed E-state index contributed by atoms with van der Waals surface area (Å²) in [5.41, 5.74) is 4.40. The number of pyridine rings is 1. The van der Waals surface area contributed by atoms with Gasteiger partial charge in [-0.1, -0.05) is 58.6 Å². The summed E-state index contributed by atoms with van der Waals surface area (Å²) >= 11 is 0. The van der Waals surface area contributed by atoms with Gasteiger partial charge in [-0.15, -0.1) is 0 Å². The van der Waals surface area contributed by atoms with Gasteiger partial charge < -0.3 is 9.64 Å². The zero-order valence-electron chi connectivity index (χ0n) is 22.8. The lowest BCUT2D eigenvalue weighted by molar-refractivity contribution is 0.308. The highest BCUT2D eigenvalue weighted by molar-refractivity contribution is 5.89. The monoisotopic (exact) mass is 464 g/mol. The van der Waals surface area contributed by atoms with Crippen molar-refractivity contribution in [2.24, 2.45) is 11.8 Å². The van der Waals surface area contributed by atoms with Crippen LogP contribution in [0, 0.1) is 32.6 Å². The van der Waals surface area contributed by atoms with Crippen molar-refractivity contribution in [3.05, 3.63) is 53.1 Å². The van der Waals surface area contributed by atoms with Crippen LogP contribution in [-0.4, -0.2) is 36.2 Å². The molecule has 0 aliphatic heterocycles. The summed E-state index contributed by atoms with van der Waals surface area (Å²) in [5.74, 6) is 4.81. The van der Waals surface area contributed by atoms with Crippen LogP contribution in [0.1, 0.15) is 69.1 Å². The van der Waals surface area contributed by atoms with Crippen LogP contribution in [0.3, 0.4) is 0 Å². The van der Waals surface area contributed by atoms with E-state index in [0.29, 0.717) is 0 Å². The van der Waals surface area contributed by atoms with Crippen LogP contribution < -0.4 is 9.64 Å². The van der Waals surface area contributed by atoms with Crippen molar-refractivity contribution < 1.29 is 4.74 Å². The Morgan fingerprint density at radius 3 is 2.06 bits per heavy atom. The van der Waals surface area contributed by atoms with Crippen LogP contribution in [0.5, 0.6) is 5.75 Å². The van der Waals surface area contributed by atoms with Gasteiger partial charge in [0, 0.05) is 42.5 Å². The van der Waals surface area contributed by atoms with Crippen LogP contribution in [0.25, 0.3) is 10.9 Å². The predicted molar refractivity (Wildman–Crippen MR) is 145 cm³/mol. The number of hydrogen-bond acceptors (Lipinski definition) is 5. The van der Waals surface area contributed by atoms with Gasteiger partial charge in [0.2, 0.25) is 0 Å². The van der Waals surface area contributed by atoms with Gasteiger partial charge in [-0.05, 0) is 51.2 Å². The minimum atomic E-state index is 0.812. The van der Waals surface area contributed by atoms with Gasteiger partial charge in [0.15, 0.2) is 0 Å². The molecule has 1 aliphatic carbocycles. The maximum absolute atomic E-state index is 5.28. The smallest absolute Gasteiger partial charge is 0.139 e. The number of rotatable bonds is 3. The van der Waals surface area contributed by atoms with Gasteiger partial charge in [0.05, 0.1) is 12.6 Å². The summed E-state index contributed by atoms with van der Waals surface area (Å²) in [6.07, 6.45) is 8.72. The molecule has 1 aliphatic rings. The van der Waals surface area contributed by atoms with Crippen molar-refractivity contribution in [1.82, 2.24) is 15.0 Å². The second kappa shape index (κ2) is 13.3. The minimum absolute atomic E-state index is 0.812. The van der Waals surface area contributed by atoms with Crippen LogP contribution in [0.15, 0.2) is 30.5 Å². The average Bonchev–Trinajstić information content (AvgIpc) is 2.81. The van der Waals surface area contributed by atoms with Gasteiger partial charge in [0.1, 0.15) is 17.4 Å². The first-order valence-electron chi connectivity index (χ1n) is 12.6. The Bertz CT molecular complexity index is 1030. The highest BCUT2D eigenvalue weighted by atomic mass is 16.5. The van der Waals surface area contributed by atoms with E-state index in [9.17, 15) is 0 Å². The van der Waals surface area contributed by atoms with Crippen molar-refractivity contribution >= 4 is 16.7 Å². The standard InChI is InChI=1S/C11H13N3.C10H15NO.C8H16/c1-8-12-10-7-5-4-6-9(10)11(13-8)14(2)3;1-5-9-8(3)10(12-4)7(2)6-11-9;1-7-3-5-8(2)6-4-7/h4-7H,1-3H3;6H,5H2,1-4H3;7-8H,3-6H2,1-2H3. The third kappa shape index (κ3) is 7.68. The van der Waals surface area contributed by atoms with E-state index in [1.807, 2.05) is 63.3 Å². The summed E-state index contributed by atoms with van der Waals surface area (Å²) in [6, 6.07) is 8.06. The molecule has 2 heterocycles. The second-order valence-electron chi connectivity index (χ2n) is 9.77. The van der Waals surface area contributed by atoms with Crippen molar-refractivity contribution in [2.45, 2.75) is 73.6 Å². The van der Waals surface area contributed by atoms with E-state index in [4.69, 9.17) is 4.74 Å². The molecule has 0 saturated heterocycles. The molecule has 186 valence electrons. The average molecular weight is 465 g/mol. The lowest BCUT2D eigenvalue weighted by Gasteiger charge is -2.22. The van der Waals surface area contributed by atoms with Crippen molar-refractivity contribution in [3.8, 4) is 5.75 Å². The highest BCUT2D eigenvalue weighted by Crippen LogP contribution is 2.27. The number of ether oxygens (including phenoxy) is 1. The van der Waals surface area contributed by atoms with Gasteiger partial charge in [-0.25, -0.2) is 9.97 Å². The van der Waals surface area contributed by atoms with Crippen LogP contribution in [-0.2, 0) is 6.42 Å². The Kier molecular flexibility index (Phi) is 10.7. The molecule has 3 aromatic rings. The molecule has 0 bridgehead atoms. The third-order valence-electron chi connectivity index (χ3n) is 6.51. The second-order valence-corrected chi connectivity index (χ2v) is 9.77. The maximum atomic E-state index is 5.28. The Hall–Kier alpha value is -2.69. The molecule has 0 spiro atoms. The highest BCUT2D eigenvalue weighted by Gasteiger charge is 2.13. The fourth-order valence-corrected chi connectivity index (χ4v) is 4.37. The number of benzene rings is 1. The number of anilines is 1. The fraction of sp³-hybridized carbons (Fsp3) is 0.552. The summed E-state index contributed by atoms with van der Waals surface area (Å²) in [5, 5.41) is 1.10. The largest absolute Gasteiger partial charge is 0.496 e. The normalized spacial score (nSPS) is 17.2. The molecular formula is C29H44N4O. The topological polar surface area (TPSA) is 51.1 Å². The lowest BCUT2D eigenvalue weighted by atomic mass is 9.84. The molecule has 4 rings (SSSR count). The zero-order chi connectivity index (χ0) is 25.3. The van der Waals surface area contributed by atoms with Crippen LogP contribution >= 0.6 is 0 Å². The first-order chi connectivity index (χ1) is 16.2. The van der Waals surface area contributed by atoms with Gasteiger partial charge >= 0.3 is 0 Å². The number of hydrogen-bond donors (Lipinski definition) is 0. The number of aromatic nitrogens is 3. The first-order valence-corrected chi connectivity index (χ1v) is 12.6. The molecule has 34 heavy (non-hydrogen) atoms. The minimum Gasteiger partial charge on any atom is -0.496 e. The van der Waals surface area contributed by atoms with E-state index in [2.05, 4.69) is 42.6 Å². The molecule has 0 radical (unpaired) electrons. The molecule has 0 N–H and O–H groups in total. The third-order valence-corrected chi connectivity index (χ3v) is 6.51. The fourth-order valence-electron chi connectivity index (χ4n) is 4.37. The maximum Gasteiger partial charge on any atom is 0.139 e. The lowest BCUT2D eigenvalue weighted by Crippen LogP contribution is -2.12. The molecule has 2 aromatic heterocycles. The molecular weight excluding hydrogens is 420 g/mol. The van der Waals surface area contributed by atoms with E-state index in [-0.39, 0.29) is 0 Å².